The van der Waals surface area contributed by atoms with Gasteiger partial charge in [-0.3, -0.25) is 0 Å². The fourth-order valence-corrected chi connectivity index (χ4v) is 6.12. The van der Waals surface area contributed by atoms with Crippen LogP contribution in [0.2, 0.25) is 0 Å². The molecule has 0 aromatic heterocycles. The van der Waals surface area contributed by atoms with Gasteiger partial charge in [0, 0.05) is 12.7 Å². The van der Waals surface area contributed by atoms with E-state index in [0.29, 0.717) is 13.2 Å². The van der Waals surface area contributed by atoms with Crippen molar-refractivity contribution in [3.63, 3.8) is 0 Å². The summed E-state index contributed by atoms with van der Waals surface area (Å²) in [5, 5.41) is 0. The lowest BCUT2D eigenvalue weighted by molar-refractivity contribution is 0.110. The van der Waals surface area contributed by atoms with Crippen LogP contribution in [0.3, 0.4) is 0 Å². The standard InChI is InChI=1S/C22H23O2S.C6HF5O3S/c1-2-23-16-17-24-19-10-9-15-22(18-19)25(20-11-5-3-6-12-20)21-13-7-4-8-14-21;7-1-2(8)4(10)6(15(12,13)14)5(11)3(1)9/h3-15,18H,2,16-17H2,1H3;(H,12,13,14)/q+1;/p-1. The van der Waals surface area contributed by atoms with Gasteiger partial charge in [0.2, 0.25) is 5.82 Å². The van der Waals surface area contributed by atoms with Gasteiger partial charge < -0.3 is 14.0 Å². The first-order valence-electron chi connectivity index (χ1n) is 11.7. The Hall–Kier alpha value is -3.45. The summed E-state index contributed by atoms with van der Waals surface area (Å²) in [6, 6.07) is 29.7. The minimum absolute atomic E-state index is 0.145. The second kappa shape index (κ2) is 14.3. The molecule has 0 spiro atoms. The summed E-state index contributed by atoms with van der Waals surface area (Å²) in [4.78, 5) is 1.49. The Bertz CT molecular complexity index is 1450. The third-order valence-electron chi connectivity index (χ3n) is 5.12. The van der Waals surface area contributed by atoms with Gasteiger partial charge >= 0.3 is 0 Å². The highest BCUT2D eigenvalue weighted by Crippen LogP contribution is 2.32. The number of benzene rings is 4. The van der Waals surface area contributed by atoms with E-state index >= 15 is 0 Å². The molecule has 4 aromatic rings. The summed E-state index contributed by atoms with van der Waals surface area (Å²) in [5.41, 5.74) is 0. The number of hydrogen-bond donors (Lipinski definition) is 0. The quantitative estimate of drug-likeness (QED) is 0.0551. The van der Waals surface area contributed by atoms with Crippen LogP contribution < -0.4 is 4.74 Å². The molecule has 0 aliphatic carbocycles. The summed E-state index contributed by atoms with van der Waals surface area (Å²) in [6.45, 7) is 3.90. The van der Waals surface area contributed by atoms with E-state index in [1.807, 2.05) is 13.0 Å². The summed E-state index contributed by atoms with van der Waals surface area (Å²) < 4.78 is 104. The van der Waals surface area contributed by atoms with Crippen LogP contribution in [0.5, 0.6) is 5.75 Å². The first-order chi connectivity index (χ1) is 19.1. The van der Waals surface area contributed by atoms with Crippen LogP contribution in [-0.4, -0.2) is 32.8 Å². The van der Waals surface area contributed by atoms with Crippen molar-refractivity contribution in [3.05, 3.63) is 114 Å². The highest BCUT2D eigenvalue weighted by Gasteiger charge is 2.29. The molecule has 0 unspecified atom stereocenters. The Kier molecular flexibility index (Phi) is 11.1. The predicted molar refractivity (Wildman–Crippen MR) is 138 cm³/mol. The van der Waals surface area contributed by atoms with Gasteiger partial charge in [-0.05, 0) is 43.3 Å². The molecule has 40 heavy (non-hydrogen) atoms. The van der Waals surface area contributed by atoms with Crippen molar-refractivity contribution in [2.75, 3.05) is 19.8 Å². The Morgan fingerprint density at radius 3 is 1.62 bits per heavy atom. The summed E-state index contributed by atoms with van der Waals surface area (Å²) >= 11 is 0. The van der Waals surface area contributed by atoms with Crippen molar-refractivity contribution in [3.8, 4) is 5.75 Å². The molecule has 4 rings (SSSR count). The fraction of sp³-hybridized carbons (Fsp3) is 0.143. The average molecular weight is 599 g/mol. The van der Waals surface area contributed by atoms with Gasteiger partial charge in [0.1, 0.15) is 27.4 Å². The SMILES string of the molecule is CCOCCOc1cccc([S+](c2ccccc2)c2ccccc2)c1.O=S(=O)([O-])c1c(F)c(F)c(F)c(F)c1F. The summed E-state index contributed by atoms with van der Waals surface area (Å²) in [7, 11) is -5.92. The van der Waals surface area contributed by atoms with Crippen LogP contribution in [0.25, 0.3) is 0 Å². The molecule has 12 heteroatoms. The van der Waals surface area contributed by atoms with E-state index in [-0.39, 0.29) is 10.9 Å². The molecular weight excluding hydrogens is 575 g/mol. The summed E-state index contributed by atoms with van der Waals surface area (Å²) in [6.07, 6.45) is 0. The molecule has 0 saturated heterocycles. The van der Waals surface area contributed by atoms with Crippen LogP contribution >= 0.6 is 0 Å². The van der Waals surface area contributed by atoms with Gasteiger partial charge in [-0.1, -0.05) is 42.5 Å². The molecule has 0 fully saturated rings. The molecule has 0 saturated carbocycles. The monoisotopic (exact) mass is 598 g/mol. The van der Waals surface area contributed by atoms with Gasteiger partial charge in [0.25, 0.3) is 0 Å². The molecule has 0 aliphatic rings. The van der Waals surface area contributed by atoms with Gasteiger partial charge in [0.05, 0.1) is 17.5 Å². The van der Waals surface area contributed by atoms with E-state index in [1.54, 1.807) is 0 Å². The number of rotatable bonds is 9. The van der Waals surface area contributed by atoms with Crippen molar-refractivity contribution in [1.29, 1.82) is 0 Å². The fourth-order valence-electron chi connectivity index (χ4n) is 3.38. The molecule has 0 heterocycles. The lowest BCUT2D eigenvalue weighted by Crippen LogP contribution is -2.12. The molecule has 5 nitrogen and oxygen atoms in total. The average Bonchev–Trinajstić information content (AvgIpc) is 2.94. The Balaban J connectivity index is 0.000000252. The number of halogens is 5. The molecule has 0 bridgehead atoms. The molecule has 4 aromatic carbocycles. The third-order valence-corrected chi connectivity index (χ3v) is 8.19. The van der Waals surface area contributed by atoms with Crippen molar-refractivity contribution < 1.29 is 44.4 Å². The maximum absolute atomic E-state index is 12.6. The van der Waals surface area contributed by atoms with Crippen molar-refractivity contribution in [1.82, 2.24) is 0 Å². The predicted octanol–water partition coefficient (Wildman–Crippen LogP) is 6.48. The first kappa shape index (κ1) is 31.1. The molecule has 0 radical (unpaired) electrons. The van der Waals surface area contributed by atoms with Crippen molar-refractivity contribution >= 4 is 21.0 Å². The zero-order valence-corrected chi connectivity index (χ0v) is 22.6. The number of hydrogen-bond acceptors (Lipinski definition) is 5. The van der Waals surface area contributed by atoms with Crippen LogP contribution in [-0.2, 0) is 25.7 Å². The highest BCUT2D eigenvalue weighted by molar-refractivity contribution is 7.97. The van der Waals surface area contributed by atoms with Gasteiger partial charge in [-0.25, -0.2) is 30.4 Å². The van der Waals surface area contributed by atoms with Crippen molar-refractivity contribution in [2.24, 2.45) is 0 Å². The van der Waals surface area contributed by atoms with E-state index < -0.39 is 44.1 Å². The van der Waals surface area contributed by atoms with Crippen LogP contribution in [0, 0.1) is 29.1 Å². The second-order valence-electron chi connectivity index (χ2n) is 7.81. The lowest BCUT2D eigenvalue weighted by atomic mass is 10.3. The normalized spacial score (nSPS) is 11.2. The van der Waals surface area contributed by atoms with Crippen LogP contribution in [0.4, 0.5) is 22.0 Å². The summed E-state index contributed by atoms with van der Waals surface area (Å²) in [5.74, 6) is -11.9. The molecule has 0 atom stereocenters. The third kappa shape index (κ3) is 7.81. The highest BCUT2D eigenvalue weighted by atomic mass is 32.2. The minimum Gasteiger partial charge on any atom is -0.744 e. The Morgan fingerprint density at radius 1 is 0.675 bits per heavy atom. The van der Waals surface area contributed by atoms with E-state index in [9.17, 15) is 34.9 Å². The first-order valence-corrected chi connectivity index (χ1v) is 14.3. The zero-order valence-electron chi connectivity index (χ0n) is 21.0. The van der Waals surface area contributed by atoms with E-state index in [4.69, 9.17) is 9.47 Å². The molecule has 212 valence electrons. The second-order valence-corrected chi connectivity index (χ2v) is 11.1. The van der Waals surface area contributed by atoms with E-state index in [1.165, 1.54) is 14.7 Å². The maximum atomic E-state index is 12.6. The van der Waals surface area contributed by atoms with E-state index in [0.717, 1.165) is 12.4 Å². The molecule has 0 amide bonds. The van der Waals surface area contributed by atoms with Crippen LogP contribution in [0.1, 0.15) is 6.92 Å². The smallest absolute Gasteiger partial charge is 0.200 e. The molecule has 0 N–H and O–H groups in total. The number of ether oxygens (including phenoxy) is 2. The largest absolute Gasteiger partial charge is 0.744 e. The van der Waals surface area contributed by atoms with Gasteiger partial charge in [0.15, 0.2) is 38.0 Å². The molecule has 0 aliphatic heterocycles. The maximum Gasteiger partial charge on any atom is 0.200 e. The van der Waals surface area contributed by atoms with Crippen LogP contribution in [0.15, 0.2) is 105 Å². The van der Waals surface area contributed by atoms with Crippen molar-refractivity contribution in [2.45, 2.75) is 26.5 Å². The minimum atomic E-state index is -5.77. The van der Waals surface area contributed by atoms with E-state index in [2.05, 4.69) is 78.9 Å². The zero-order chi connectivity index (χ0) is 29.3. The molecular formula is C28H23F5O5S2. The Labute approximate surface area is 231 Å². The van der Waals surface area contributed by atoms with Gasteiger partial charge in [-0.15, -0.1) is 0 Å². The van der Waals surface area contributed by atoms with Gasteiger partial charge in [-0.2, -0.15) is 0 Å². The lowest BCUT2D eigenvalue weighted by Gasteiger charge is -2.10. The topological polar surface area (TPSA) is 75.7 Å². The Morgan fingerprint density at radius 2 is 1.15 bits per heavy atom.